The zero-order valence-electron chi connectivity index (χ0n) is 17.3. The maximum Gasteiger partial charge on any atom is 0.407 e. The van der Waals surface area contributed by atoms with Gasteiger partial charge in [0.25, 0.3) is 0 Å². The Morgan fingerprint density at radius 3 is 2.39 bits per heavy atom. The van der Waals surface area contributed by atoms with Crippen LogP contribution in [0.5, 0.6) is 0 Å². The van der Waals surface area contributed by atoms with Gasteiger partial charge in [-0.2, -0.15) is 0 Å². The molecule has 7 nitrogen and oxygen atoms in total. The standard InChI is InChI=1S/C23H28BrN3O4/c24-19-12-7-6-11-18(19)15-20(22(25)29)27-21(28)13-5-2-8-14-26-23(30)31-16-17-9-3-1-4-10-17/h1,3-4,6-7,9-12,20H,2,5,8,13-16H2,(H2,25,29)(H,26,30)(H,27,28)/t20-/m1/s1. The highest BCUT2D eigenvalue weighted by Gasteiger charge is 2.19. The second-order valence-corrected chi connectivity index (χ2v) is 7.97. The number of benzene rings is 2. The molecule has 1 atom stereocenters. The molecule has 8 heteroatoms. The fourth-order valence-electron chi connectivity index (χ4n) is 2.93. The smallest absolute Gasteiger partial charge is 0.407 e. The van der Waals surface area contributed by atoms with E-state index in [0.717, 1.165) is 28.4 Å². The summed E-state index contributed by atoms with van der Waals surface area (Å²) in [7, 11) is 0. The molecule has 31 heavy (non-hydrogen) atoms. The fourth-order valence-corrected chi connectivity index (χ4v) is 3.37. The van der Waals surface area contributed by atoms with Crippen molar-refractivity contribution in [2.45, 2.75) is 44.8 Å². The predicted octanol–water partition coefficient (Wildman–Crippen LogP) is 3.45. The molecule has 2 aromatic carbocycles. The number of carbonyl (C=O) groups is 3. The minimum absolute atomic E-state index is 0.217. The number of hydrogen-bond donors (Lipinski definition) is 3. The van der Waals surface area contributed by atoms with Crippen LogP contribution in [0, 0.1) is 0 Å². The van der Waals surface area contributed by atoms with Crippen LogP contribution in [0.1, 0.15) is 36.8 Å². The van der Waals surface area contributed by atoms with Crippen molar-refractivity contribution >= 4 is 33.8 Å². The number of rotatable bonds is 12. The molecule has 0 heterocycles. The van der Waals surface area contributed by atoms with Crippen molar-refractivity contribution in [3.8, 4) is 0 Å². The molecule has 2 rings (SSSR count). The zero-order chi connectivity index (χ0) is 22.5. The van der Waals surface area contributed by atoms with Crippen molar-refractivity contribution in [3.63, 3.8) is 0 Å². The van der Waals surface area contributed by atoms with Gasteiger partial charge in [0.1, 0.15) is 12.6 Å². The highest BCUT2D eigenvalue weighted by molar-refractivity contribution is 9.10. The highest BCUT2D eigenvalue weighted by Crippen LogP contribution is 2.17. The van der Waals surface area contributed by atoms with Crippen molar-refractivity contribution in [1.29, 1.82) is 0 Å². The largest absolute Gasteiger partial charge is 0.445 e. The summed E-state index contributed by atoms with van der Waals surface area (Å²) >= 11 is 3.43. The lowest BCUT2D eigenvalue weighted by molar-refractivity contribution is -0.127. The number of nitrogens with two attached hydrogens (primary N) is 1. The number of primary amides is 1. The molecule has 0 aliphatic heterocycles. The third-order valence-corrected chi connectivity index (χ3v) is 5.40. The molecular weight excluding hydrogens is 462 g/mol. The van der Waals surface area contributed by atoms with Gasteiger partial charge < -0.3 is 21.1 Å². The van der Waals surface area contributed by atoms with Crippen LogP contribution < -0.4 is 16.4 Å². The van der Waals surface area contributed by atoms with E-state index in [2.05, 4.69) is 26.6 Å². The molecule has 2 aromatic rings. The zero-order valence-corrected chi connectivity index (χ0v) is 18.9. The molecule has 0 saturated carbocycles. The summed E-state index contributed by atoms with van der Waals surface area (Å²) in [5, 5.41) is 5.40. The summed E-state index contributed by atoms with van der Waals surface area (Å²) in [5.74, 6) is -0.784. The van der Waals surface area contributed by atoms with Gasteiger partial charge in [-0.1, -0.05) is 70.9 Å². The van der Waals surface area contributed by atoms with Crippen LogP contribution in [0.25, 0.3) is 0 Å². The van der Waals surface area contributed by atoms with Gasteiger partial charge in [-0.3, -0.25) is 9.59 Å². The lowest BCUT2D eigenvalue weighted by Gasteiger charge is -2.16. The van der Waals surface area contributed by atoms with E-state index in [1.807, 2.05) is 54.6 Å². The Morgan fingerprint density at radius 1 is 0.968 bits per heavy atom. The quantitative estimate of drug-likeness (QED) is 0.396. The van der Waals surface area contributed by atoms with E-state index in [1.54, 1.807) is 0 Å². The van der Waals surface area contributed by atoms with Gasteiger partial charge in [0, 0.05) is 23.9 Å². The second-order valence-electron chi connectivity index (χ2n) is 7.12. The molecule has 0 aliphatic carbocycles. The van der Waals surface area contributed by atoms with E-state index in [9.17, 15) is 14.4 Å². The lowest BCUT2D eigenvalue weighted by Crippen LogP contribution is -2.45. The fraction of sp³-hybridized carbons (Fsp3) is 0.348. The Morgan fingerprint density at radius 2 is 1.68 bits per heavy atom. The van der Waals surface area contributed by atoms with E-state index < -0.39 is 18.0 Å². The van der Waals surface area contributed by atoms with Gasteiger partial charge in [0.05, 0.1) is 0 Å². The van der Waals surface area contributed by atoms with Crippen molar-refractivity contribution in [2.24, 2.45) is 5.73 Å². The van der Waals surface area contributed by atoms with E-state index >= 15 is 0 Å². The molecule has 0 bridgehead atoms. The number of amides is 3. The third-order valence-electron chi connectivity index (χ3n) is 4.62. The number of hydrogen-bond acceptors (Lipinski definition) is 4. The normalized spacial score (nSPS) is 11.4. The minimum Gasteiger partial charge on any atom is -0.445 e. The second kappa shape index (κ2) is 13.4. The Hall–Kier alpha value is -2.87. The number of nitrogens with one attached hydrogen (secondary N) is 2. The van der Waals surface area contributed by atoms with Crippen LogP contribution in [0.15, 0.2) is 59.1 Å². The van der Waals surface area contributed by atoms with E-state index in [4.69, 9.17) is 10.5 Å². The Kier molecular flexibility index (Phi) is 10.6. The molecule has 0 radical (unpaired) electrons. The first-order valence-corrected chi connectivity index (χ1v) is 11.0. The molecule has 0 saturated heterocycles. The number of halogens is 1. The van der Waals surface area contributed by atoms with E-state index in [-0.39, 0.29) is 18.9 Å². The SMILES string of the molecule is NC(=O)[C@@H](Cc1ccccc1Br)NC(=O)CCCCCNC(=O)OCc1ccccc1. The summed E-state index contributed by atoms with van der Waals surface area (Å²) in [5.41, 5.74) is 7.27. The van der Waals surface area contributed by atoms with Crippen molar-refractivity contribution in [3.05, 3.63) is 70.2 Å². The third kappa shape index (κ3) is 9.65. The van der Waals surface area contributed by atoms with Crippen molar-refractivity contribution < 1.29 is 19.1 Å². The molecule has 0 aromatic heterocycles. The minimum atomic E-state index is -0.757. The molecule has 0 fully saturated rings. The van der Waals surface area contributed by atoms with Crippen LogP contribution in [-0.2, 0) is 27.4 Å². The number of carbonyl (C=O) groups excluding carboxylic acids is 3. The Balaban J connectivity index is 1.58. The van der Waals surface area contributed by atoms with E-state index in [0.29, 0.717) is 19.4 Å². The average molecular weight is 490 g/mol. The van der Waals surface area contributed by atoms with Gasteiger partial charge in [-0.05, 0) is 30.0 Å². The lowest BCUT2D eigenvalue weighted by atomic mass is 10.0. The first-order chi connectivity index (χ1) is 15.0. The predicted molar refractivity (Wildman–Crippen MR) is 122 cm³/mol. The van der Waals surface area contributed by atoms with Crippen LogP contribution in [0.2, 0.25) is 0 Å². The molecule has 0 spiro atoms. The van der Waals surface area contributed by atoms with Gasteiger partial charge >= 0.3 is 6.09 Å². The first-order valence-electron chi connectivity index (χ1n) is 10.2. The first kappa shape index (κ1) is 24.4. The summed E-state index contributed by atoms with van der Waals surface area (Å²) in [6.45, 7) is 0.703. The summed E-state index contributed by atoms with van der Waals surface area (Å²) < 4.78 is 6.00. The maximum atomic E-state index is 12.2. The molecule has 3 amide bonds. The number of alkyl carbamates (subject to hydrolysis) is 1. The summed E-state index contributed by atoms with van der Waals surface area (Å²) in [4.78, 5) is 35.6. The van der Waals surface area contributed by atoms with Gasteiger partial charge in [-0.15, -0.1) is 0 Å². The van der Waals surface area contributed by atoms with Crippen molar-refractivity contribution in [2.75, 3.05) is 6.54 Å². The number of unbranched alkanes of at least 4 members (excludes halogenated alkanes) is 2. The Labute approximate surface area is 190 Å². The highest BCUT2D eigenvalue weighted by atomic mass is 79.9. The van der Waals surface area contributed by atoms with E-state index in [1.165, 1.54) is 0 Å². The molecule has 0 unspecified atom stereocenters. The molecule has 4 N–H and O–H groups in total. The monoisotopic (exact) mass is 489 g/mol. The van der Waals surface area contributed by atoms with Gasteiger partial charge in [0.2, 0.25) is 11.8 Å². The summed E-state index contributed by atoms with van der Waals surface area (Å²) in [6, 6.07) is 16.2. The van der Waals surface area contributed by atoms with Gasteiger partial charge in [-0.25, -0.2) is 4.79 Å². The maximum absolute atomic E-state index is 12.2. The average Bonchev–Trinajstić information content (AvgIpc) is 2.76. The topological polar surface area (TPSA) is 111 Å². The Bertz CT molecular complexity index is 861. The van der Waals surface area contributed by atoms with Crippen LogP contribution >= 0.6 is 15.9 Å². The van der Waals surface area contributed by atoms with Gasteiger partial charge in [0.15, 0.2) is 0 Å². The molecular formula is C23H28BrN3O4. The van der Waals surface area contributed by atoms with Crippen LogP contribution in [0.4, 0.5) is 4.79 Å². The number of ether oxygens (including phenoxy) is 1. The summed E-state index contributed by atoms with van der Waals surface area (Å²) in [6.07, 6.45) is 2.29. The van der Waals surface area contributed by atoms with Crippen molar-refractivity contribution in [1.82, 2.24) is 10.6 Å². The molecule has 166 valence electrons. The molecule has 0 aliphatic rings. The van der Waals surface area contributed by atoms with Crippen LogP contribution in [0.3, 0.4) is 0 Å². The van der Waals surface area contributed by atoms with Crippen LogP contribution in [-0.4, -0.2) is 30.5 Å².